The second-order valence-corrected chi connectivity index (χ2v) is 10.2. The van der Waals surface area contributed by atoms with Gasteiger partial charge in [-0.25, -0.2) is 4.99 Å². The first kappa shape index (κ1) is 15.6. The number of hydrogen-bond donors (Lipinski definition) is 0. The van der Waals surface area contributed by atoms with Crippen molar-refractivity contribution in [2.24, 2.45) is 4.99 Å². The summed E-state index contributed by atoms with van der Waals surface area (Å²) in [4.78, 5) is 4.76. The SMILES string of the molecule is CC1COC(c2ccccc2P(C2CCCC2)C2CCCC2)=N1. The molecule has 2 fully saturated rings. The van der Waals surface area contributed by atoms with E-state index in [1.807, 2.05) is 0 Å². The summed E-state index contributed by atoms with van der Waals surface area (Å²) < 4.78 is 5.93. The normalized spacial score (nSPS) is 26.0. The summed E-state index contributed by atoms with van der Waals surface area (Å²) in [6.07, 6.45) is 11.5. The van der Waals surface area contributed by atoms with Crippen molar-refractivity contribution in [1.82, 2.24) is 0 Å². The van der Waals surface area contributed by atoms with E-state index in [-0.39, 0.29) is 7.92 Å². The minimum Gasteiger partial charge on any atom is -0.475 e. The van der Waals surface area contributed by atoms with E-state index >= 15 is 0 Å². The van der Waals surface area contributed by atoms with Crippen molar-refractivity contribution in [1.29, 1.82) is 0 Å². The van der Waals surface area contributed by atoms with Crippen molar-refractivity contribution in [3.8, 4) is 0 Å². The lowest BCUT2D eigenvalue weighted by atomic mass is 10.2. The molecular weight excluding hydrogens is 301 g/mol. The monoisotopic (exact) mass is 329 g/mol. The number of benzene rings is 1. The number of hydrogen-bond acceptors (Lipinski definition) is 2. The van der Waals surface area contributed by atoms with Crippen LogP contribution in [0.5, 0.6) is 0 Å². The van der Waals surface area contributed by atoms with Crippen LogP contribution in [0.15, 0.2) is 29.3 Å². The fraction of sp³-hybridized carbons (Fsp3) is 0.650. The second-order valence-electron chi connectivity index (χ2n) is 7.40. The molecular formula is C20H28NOP. The van der Waals surface area contributed by atoms with Gasteiger partial charge in [0, 0.05) is 5.56 Å². The average Bonchev–Trinajstić information content (AvgIpc) is 3.31. The molecule has 2 saturated carbocycles. The molecule has 1 aromatic rings. The van der Waals surface area contributed by atoms with Crippen molar-refractivity contribution in [2.45, 2.75) is 75.7 Å². The summed E-state index contributed by atoms with van der Waals surface area (Å²) in [5, 5.41) is 1.59. The minimum absolute atomic E-state index is 0.0700. The fourth-order valence-electron chi connectivity index (χ4n) is 4.56. The standard InChI is InChI=1S/C20H28NOP/c1-15-14-22-20(21-15)18-12-6-7-13-19(18)23(16-8-2-3-9-16)17-10-4-5-11-17/h6-7,12-13,15-17H,2-5,8-11,14H2,1H3. The summed E-state index contributed by atoms with van der Waals surface area (Å²) in [5.41, 5.74) is 3.18. The van der Waals surface area contributed by atoms with Gasteiger partial charge in [-0.05, 0) is 55.3 Å². The van der Waals surface area contributed by atoms with Crippen molar-refractivity contribution in [3.63, 3.8) is 0 Å². The molecule has 1 aromatic carbocycles. The Labute approximate surface area is 141 Å². The lowest BCUT2D eigenvalue weighted by Crippen LogP contribution is -2.24. The van der Waals surface area contributed by atoms with Crippen LogP contribution in [-0.4, -0.2) is 29.9 Å². The van der Waals surface area contributed by atoms with Crippen molar-refractivity contribution in [3.05, 3.63) is 29.8 Å². The fourth-order valence-corrected chi connectivity index (χ4v) is 8.49. The Bertz CT molecular complexity index is 557. The topological polar surface area (TPSA) is 21.6 Å². The Morgan fingerprint density at radius 1 is 0.957 bits per heavy atom. The summed E-state index contributed by atoms with van der Waals surface area (Å²) in [7, 11) is -0.0700. The number of ether oxygens (including phenoxy) is 1. The molecule has 1 atom stereocenters. The number of rotatable bonds is 4. The molecule has 3 heteroatoms. The zero-order chi connectivity index (χ0) is 15.6. The quantitative estimate of drug-likeness (QED) is 0.724. The van der Waals surface area contributed by atoms with Crippen LogP contribution in [0.1, 0.15) is 63.9 Å². The van der Waals surface area contributed by atoms with Gasteiger partial charge < -0.3 is 4.74 Å². The van der Waals surface area contributed by atoms with E-state index in [4.69, 9.17) is 9.73 Å². The van der Waals surface area contributed by atoms with Gasteiger partial charge in [0.1, 0.15) is 6.61 Å². The first-order valence-corrected chi connectivity index (χ1v) is 10.9. The summed E-state index contributed by atoms with van der Waals surface area (Å²) in [6, 6.07) is 9.35. The molecule has 2 aliphatic carbocycles. The summed E-state index contributed by atoms with van der Waals surface area (Å²) >= 11 is 0. The lowest BCUT2D eigenvalue weighted by Gasteiger charge is -2.32. The van der Waals surface area contributed by atoms with E-state index in [9.17, 15) is 0 Å². The van der Waals surface area contributed by atoms with Crippen LogP contribution in [0.3, 0.4) is 0 Å². The molecule has 0 saturated heterocycles. The first-order chi connectivity index (χ1) is 11.3. The molecule has 124 valence electrons. The van der Waals surface area contributed by atoms with Crippen LogP contribution in [0, 0.1) is 0 Å². The maximum absolute atomic E-state index is 5.93. The van der Waals surface area contributed by atoms with Gasteiger partial charge in [-0.2, -0.15) is 0 Å². The Kier molecular flexibility index (Phi) is 4.71. The smallest absolute Gasteiger partial charge is 0.217 e. The molecule has 0 radical (unpaired) electrons. The third-order valence-corrected chi connectivity index (χ3v) is 9.20. The molecule has 3 aliphatic rings. The molecule has 1 heterocycles. The van der Waals surface area contributed by atoms with Crippen molar-refractivity contribution < 1.29 is 4.74 Å². The van der Waals surface area contributed by atoms with Gasteiger partial charge in [0.2, 0.25) is 5.90 Å². The van der Waals surface area contributed by atoms with Crippen LogP contribution >= 0.6 is 7.92 Å². The van der Waals surface area contributed by atoms with Crippen LogP contribution < -0.4 is 5.30 Å². The predicted molar refractivity (Wildman–Crippen MR) is 99.5 cm³/mol. The highest BCUT2D eigenvalue weighted by molar-refractivity contribution is 7.67. The van der Waals surface area contributed by atoms with E-state index < -0.39 is 0 Å². The van der Waals surface area contributed by atoms with E-state index in [1.54, 1.807) is 5.30 Å². The molecule has 0 N–H and O–H groups in total. The maximum Gasteiger partial charge on any atom is 0.217 e. The average molecular weight is 329 g/mol. The molecule has 0 spiro atoms. The largest absolute Gasteiger partial charge is 0.475 e. The highest BCUT2D eigenvalue weighted by Crippen LogP contribution is 2.56. The van der Waals surface area contributed by atoms with Crippen LogP contribution in [0.25, 0.3) is 0 Å². The van der Waals surface area contributed by atoms with E-state index in [0.29, 0.717) is 6.04 Å². The third-order valence-electron chi connectivity index (χ3n) is 5.65. The van der Waals surface area contributed by atoms with E-state index in [1.165, 1.54) is 56.9 Å². The van der Waals surface area contributed by atoms with Gasteiger partial charge in [-0.15, -0.1) is 0 Å². The third kappa shape index (κ3) is 3.20. The van der Waals surface area contributed by atoms with Gasteiger partial charge in [0.15, 0.2) is 0 Å². The van der Waals surface area contributed by atoms with Gasteiger partial charge in [-0.3, -0.25) is 0 Å². The molecule has 1 aliphatic heterocycles. The molecule has 0 amide bonds. The Morgan fingerprint density at radius 3 is 2.13 bits per heavy atom. The maximum atomic E-state index is 5.93. The predicted octanol–water partition coefficient (Wildman–Crippen LogP) is 4.84. The van der Waals surface area contributed by atoms with E-state index in [2.05, 4.69) is 31.2 Å². The zero-order valence-electron chi connectivity index (χ0n) is 14.2. The van der Waals surface area contributed by atoms with Crippen molar-refractivity contribution in [2.75, 3.05) is 6.61 Å². The van der Waals surface area contributed by atoms with Gasteiger partial charge in [0.05, 0.1) is 6.04 Å². The van der Waals surface area contributed by atoms with Crippen LogP contribution in [0.2, 0.25) is 0 Å². The van der Waals surface area contributed by atoms with Gasteiger partial charge in [-0.1, -0.05) is 51.8 Å². The molecule has 23 heavy (non-hydrogen) atoms. The molecule has 1 unspecified atom stereocenters. The Morgan fingerprint density at radius 2 is 1.57 bits per heavy atom. The highest BCUT2D eigenvalue weighted by Gasteiger charge is 2.36. The van der Waals surface area contributed by atoms with Gasteiger partial charge >= 0.3 is 0 Å². The van der Waals surface area contributed by atoms with Crippen LogP contribution in [0.4, 0.5) is 0 Å². The number of nitrogens with zero attached hydrogens (tertiary/aromatic N) is 1. The molecule has 2 nitrogen and oxygen atoms in total. The number of aliphatic imine (C=N–C) groups is 1. The van der Waals surface area contributed by atoms with E-state index in [0.717, 1.165) is 23.8 Å². The summed E-state index contributed by atoms with van der Waals surface area (Å²) in [6.45, 7) is 2.89. The molecule has 0 bridgehead atoms. The molecule has 0 aromatic heterocycles. The Balaban J connectivity index is 1.72. The molecule has 4 rings (SSSR count). The first-order valence-electron chi connectivity index (χ1n) is 9.41. The Hall–Kier alpha value is -0.880. The minimum atomic E-state index is -0.0700. The highest BCUT2D eigenvalue weighted by atomic mass is 31.1. The zero-order valence-corrected chi connectivity index (χ0v) is 15.1. The second kappa shape index (κ2) is 6.93. The van der Waals surface area contributed by atoms with Gasteiger partial charge in [0.25, 0.3) is 0 Å². The summed E-state index contributed by atoms with van der Waals surface area (Å²) in [5.74, 6) is 0.914. The van der Waals surface area contributed by atoms with Crippen LogP contribution in [-0.2, 0) is 4.74 Å². The lowest BCUT2D eigenvalue weighted by molar-refractivity contribution is 0.324. The van der Waals surface area contributed by atoms with Crippen molar-refractivity contribution >= 4 is 19.1 Å².